The van der Waals surface area contributed by atoms with Crippen molar-refractivity contribution in [3.63, 3.8) is 0 Å². The number of phenolic OH excluding ortho intramolecular Hbond substituents is 2. The summed E-state index contributed by atoms with van der Waals surface area (Å²) in [4.78, 5) is 11.9. The minimum atomic E-state index is -3.48. The molecule has 16 heavy (non-hydrogen) atoms. The van der Waals surface area contributed by atoms with Crippen molar-refractivity contribution in [1.82, 2.24) is 0 Å². The molecule has 0 bridgehead atoms. The number of hydrogen-bond donors (Lipinski definition) is 3. The van der Waals surface area contributed by atoms with E-state index in [1.165, 1.54) is 0 Å². The Labute approximate surface area is 105 Å². The van der Waals surface area contributed by atoms with Gasteiger partial charge in [-0.1, -0.05) is 6.07 Å². The summed E-state index contributed by atoms with van der Waals surface area (Å²) in [6.45, 7) is -6.86. The summed E-state index contributed by atoms with van der Waals surface area (Å²) in [5.41, 5.74) is 4.85. The summed E-state index contributed by atoms with van der Waals surface area (Å²) in [5, 5.41) is 18.6. The van der Waals surface area contributed by atoms with Gasteiger partial charge in [0.15, 0.2) is 11.5 Å². The fraction of sp³-hybridized carbons (Fsp3) is 0.364. The van der Waals surface area contributed by atoms with E-state index in [-0.39, 0.29) is 0 Å². The zero-order valence-corrected chi connectivity index (χ0v) is 8.02. The monoisotopic (exact) mass is 233 g/mol. The van der Waals surface area contributed by atoms with Gasteiger partial charge < -0.3 is 20.7 Å². The molecule has 5 heteroatoms. The van der Waals surface area contributed by atoms with Crippen LogP contribution in [-0.2, 0) is 15.9 Å². The van der Waals surface area contributed by atoms with E-state index < -0.39 is 48.8 Å². The molecule has 0 fully saturated rings. The smallest absolute Gasteiger partial charge is 0.323 e. The number of carbonyl (C=O) groups is 1. The minimum absolute atomic E-state index is 0.485. The molecular formula is C11H15NO4. The molecule has 0 spiro atoms. The number of nitrogens with two attached hydrogens (primary N) is 1. The van der Waals surface area contributed by atoms with Crippen LogP contribution >= 0.6 is 0 Å². The number of carbonyl (C=O) groups excluding carboxylic acids is 1. The van der Waals surface area contributed by atoms with Gasteiger partial charge in [0.2, 0.25) is 0 Å². The summed E-state index contributed by atoms with van der Waals surface area (Å²) >= 11 is 0. The number of esters is 1. The second-order valence-electron chi connectivity index (χ2n) is 2.73. The third kappa shape index (κ3) is 3.13. The van der Waals surface area contributed by atoms with Crippen LogP contribution in [0.25, 0.3) is 0 Å². The third-order valence-electron chi connectivity index (χ3n) is 1.62. The lowest BCUT2D eigenvalue weighted by Crippen LogP contribution is -2.34. The van der Waals surface area contributed by atoms with Gasteiger partial charge in [-0.3, -0.25) is 4.79 Å². The third-order valence-corrected chi connectivity index (χ3v) is 1.62. The molecule has 0 unspecified atom stereocenters. The molecule has 0 saturated heterocycles. The highest BCUT2D eigenvalue weighted by molar-refractivity contribution is 5.75. The van der Waals surface area contributed by atoms with Crippen LogP contribution in [0.4, 0.5) is 0 Å². The molecule has 88 valence electrons. The van der Waals surface area contributed by atoms with Gasteiger partial charge in [-0.25, -0.2) is 0 Å². The minimum Gasteiger partial charge on any atom is -0.504 e. The molecule has 0 aliphatic heterocycles. The molecule has 1 rings (SSSR count). The molecule has 5 nitrogen and oxygen atoms in total. The molecule has 0 aliphatic carbocycles. The normalized spacial score (nSPS) is 24.1. The average Bonchev–Trinajstić information content (AvgIpc) is 2.39. The topological polar surface area (TPSA) is 92.8 Å². The van der Waals surface area contributed by atoms with Crippen molar-refractivity contribution in [3.05, 3.63) is 23.8 Å². The number of ether oxygens (including phenoxy) is 1. The van der Waals surface area contributed by atoms with Gasteiger partial charge in [0.25, 0.3) is 0 Å². The van der Waals surface area contributed by atoms with Crippen molar-refractivity contribution >= 4 is 5.97 Å². The first-order valence-electron chi connectivity index (χ1n) is 8.09. The summed E-state index contributed by atoms with van der Waals surface area (Å²) < 4.78 is 62.6. The lowest BCUT2D eigenvalue weighted by atomic mass is 10.1. The fourth-order valence-corrected chi connectivity index (χ4v) is 0.909. The summed E-state index contributed by atoms with van der Waals surface area (Å²) in [6.07, 6.45) is -3.01. The standard InChI is InChI=1S/C11H15NO4/c1-2-16-11(15)8(12)5-7-3-4-9(13)10(14)6-7/h3-4,6,8,13-14H,2,5,12H2,1H3/t8-/m0/s1/i1D3,2D2,5D2,8D. The zero-order chi connectivity index (χ0) is 19.1. The average molecular weight is 233 g/mol. The molecule has 0 amide bonds. The van der Waals surface area contributed by atoms with Crippen molar-refractivity contribution in [2.75, 3.05) is 6.56 Å². The van der Waals surface area contributed by atoms with Gasteiger partial charge in [0, 0.05) is 6.85 Å². The molecule has 0 aliphatic rings. The first-order chi connectivity index (χ1) is 10.5. The predicted octanol–water partition coefficient (Wildman–Crippen LogP) is 0.531. The van der Waals surface area contributed by atoms with E-state index in [2.05, 4.69) is 4.74 Å². The lowest BCUT2D eigenvalue weighted by Gasteiger charge is -2.10. The highest BCUT2D eigenvalue weighted by Crippen LogP contribution is 2.25. The van der Waals surface area contributed by atoms with Gasteiger partial charge in [-0.15, -0.1) is 0 Å². The zero-order valence-electron chi connectivity index (χ0n) is 16.0. The number of hydrogen-bond acceptors (Lipinski definition) is 5. The maximum Gasteiger partial charge on any atom is 0.323 e. The number of phenols is 2. The van der Waals surface area contributed by atoms with Crippen LogP contribution in [0.3, 0.4) is 0 Å². The van der Waals surface area contributed by atoms with Crippen LogP contribution in [0.2, 0.25) is 0 Å². The van der Waals surface area contributed by atoms with E-state index in [0.29, 0.717) is 0 Å². The van der Waals surface area contributed by atoms with Crippen LogP contribution in [0.15, 0.2) is 18.2 Å². The number of benzene rings is 1. The first-order valence-corrected chi connectivity index (χ1v) is 4.09. The Morgan fingerprint density at radius 3 is 3.06 bits per heavy atom. The number of rotatable bonds is 4. The maximum atomic E-state index is 11.9. The van der Waals surface area contributed by atoms with Crippen LogP contribution in [-0.4, -0.2) is 28.8 Å². The molecule has 0 heterocycles. The van der Waals surface area contributed by atoms with E-state index in [1.54, 1.807) is 0 Å². The van der Waals surface area contributed by atoms with Gasteiger partial charge in [0.1, 0.15) is 6.02 Å². The number of aromatic hydroxyl groups is 2. The fourth-order valence-electron chi connectivity index (χ4n) is 0.909. The van der Waals surface area contributed by atoms with Crippen molar-refractivity contribution < 1.29 is 30.7 Å². The van der Waals surface area contributed by atoms with Gasteiger partial charge in [0.05, 0.1) is 10.7 Å². The first kappa shape index (κ1) is 5.05. The van der Waals surface area contributed by atoms with Crippen molar-refractivity contribution in [3.8, 4) is 11.5 Å². The molecule has 4 N–H and O–H groups in total. The molecule has 1 aromatic carbocycles. The highest BCUT2D eigenvalue weighted by atomic mass is 16.5. The van der Waals surface area contributed by atoms with Gasteiger partial charge >= 0.3 is 5.97 Å². The largest absolute Gasteiger partial charge is 0.504 e. The second kappa shape index (κ2) is 5.37. The van der Waals surface area contributed by atoms with Crippen molar-refractivity contribution in [1.29, 1.82) is 0 Å². The van der Waals surface area contributed by atoms with Crippen LogP contribution in [0, 0.1) is 0 Å². The molecule has 0 saturated carbocycles. The van der Waals surface area contributed by atoms with E-state index in [9.17, 15) is 15.0 Å². The Bertz CT molecular complexity index is 643. The summed E-state index contributed by atoms with van der Waals surface area (Å²) in [6, 6.07) is -0.686. The Morgan fingerprint density at radius 2 is 2.44 bits per heavy atom. The SMILES string of the molecule is [2H]C([2H])([2H])C([2H])([2H])OC(=O)[C@@]([2H])(N)C([2H])([2H])c1ccc(O)c(O)c1. The van der Waals surface area contributed by atoms with Crippen LogP contribution < -0.4 is 5.73 Å². The van der Waals surface area contributed by atoms with Crippen LogP contribution in [0.1, 0.15) is 23.4 Å². The van der Waals surface area contributed by atoms with Crippen molar-refractivity contribution in [2.45, 2.75) is 19.2 Å². The van der Waals surface area contributed by atoms with Gasteiger partial charge in [-0.2, -0.15) is 0 Å². The van der Waals surface area contributed by atoms with E-state index >= 15 is 0 Å². The van der Waals surface area contributed by atoms with Crippen LogP contribution in [0.5, 0.6) is 11.5 Å². The van der Waals surface area contributed by atoms with E-state index in [1.807, 2.05) is 0 Å². The second-order valence-corrected chi connectivity index (χ2v) is 2.73. The van der Waals surface area contributed by atoms with E-state index in [4.69, 9.17) is 16.7 Å². The Kier molecular flexibility index (Phi) is 1.69. The molecule has 1 atom stereocenters. The van der Waals surface area contributed by atoms with Gasteiger partial charge in [-0.05, 0) is 30.9 Å². The Hall–Kier alpha value is -1.75. The molecule has 0 radical (unpaired) electrons. The summed E-state index contributed by atoms with van der Waals surface area (Å²) in [5.74, 6) is -3.27. The molecular weight excluding hydrogens is 210 g/mol. The lowest BCUT2D eigenvalue weighted by molar-refractivity contribution is -0.144. The van der Waals surface area contributed by atoms with E-state index in [0.717, 1.165) is 18.2 Å². The molecule has 0 aromatic heterocycles. The predicted molar refractivity (Wildman–Crippen MR) is 58.1 cm³/mol. The Balaban J connectivity index is 3.21. The molecule has 1 aromatic rings. The highest BCUT2D eigenvalue weighted by Gasteiger charge is 2.15. The maximum absolute atomic E-state index is 11.9. The Morgan fingerprint density at radius 1 is 1.69 bits per heavy atom. The van der Waals surface area contributed by atoms with Crippen molar-refractivity contribution in [2.24, 2.45) is 5.73 Å². The quantitative estimate of drug-likeness (QED) is 0.521. The summed E-state index contributed by atoms with van der Waals surface area (Å²) in [7, 11) is 0.